The van der Waals surface area contributed by atoms with Gasteiger partial charge in [-0.15, -0.1) is 0 Å². The number of benzene rings is 2. The van der Waals surface area contributed by atoms with Crippen LogP contribution in [0.2, 0.25) is 15.1 Å². The molecule has 1 heterocycles. The molecule has 0 aromatic heterocycles. The highest BCUT2D eigenvalue weighted by Crippen LogP contribution is 2.44. The van der Waals surface area contributed by atoms with Crippen LogP contribution in [0.15, 0.2) is 42.5 Å². The van der Waals surface area contributed by atoms with Gasteiger partial charge in [-0.25, -0.2) is 5.01 Å². The van der Waals surface area contributed by atoms with Crippen molar-refractivity contribution < 1.29 is 14.4 Å². The molecule has 32 heavy (non-hydrogen) atoms. The van der Waals surface area contributed by atoms with Crippen LogP contribution in [0, 0.1) is 11.8 Å². The van der Waals surface area contributed by atoms with Crippen LogP contribution in [0.25, 0.3) is 0 Å². The van der Waals surface area contributed by atoms with Gasteiger partial charge >= 0.3 is 0 Å². The van der Waals surface area contributed by atoms with Crippen molar-refractivity contribution in [2.24, 2.45) is 11.8 Å². The van der Waals surface area contributed by atoms with Gasteiger partial charge in [0.25, 0.3) is 17.7 Å². The Morgan fingerprint density at radius 1 is 0.906 bits per heavy atom. The molecule has 2 aromatic rings. The standard InChI is InChI=1S/C22H17Br2Cl3N2O3/c23-15-8-13-14(9-16(15)24)22(32)29(21(13)31)28(10-11-5-6-18(26)19(27)7-11)20(30)12-3-1-2-4-17(12)25/h1-7,13-16H,8-10H2/t13-,14+,15-,16-/m0/s1. The minimum absolute atomic E-state index is 0.0483. The van der Waals surface area contributed by atoms with Crippen LogP contribution in [0.5, 0.6) is 0 Å². The van der Waals surface area contributed by atoms with E-state index in [1.54, 1.807) is 42.5 Å². The number of rotatable bonds is 4. The summed E-state index contributed by atoms with van der Waals surface area (Å²) in [6.45, 7) is -0.0483. The van der Waals surface area contributed by atoms with Gasteiger partial charge in [0.2, 0.25) is 0 Å². The molecule has 0 spiro atoms. The number of hydrogen-bond acceptors (Lipinski definition) is 3. The number of hydrazine groups is 1. The minimum Gasteiger partial charge on any atom is -0.272 e. The summed E-state index contributed by atoms with van der Waals surface area (Å²) in [5.41, 5.74) is 0.813. The number of amides is 3. The largest absolute Gasteiger partial charge is 0.274 e. The van der Waals surface area contributed by atoms with Crippen LogP contribution in [-0.2, 0) is 16.1 Å². The SMILES string of the molecule is O=C(c1ccccc1Cl)N(Cc1ccc(Cl)c(Cl)c1)N1C(=O)[C@H]2C[C@H](Br)[C@@H](Br)C[C@H]2C1=O. The number of nitrogens with zero attached hydrogens (tertiary/aromatic N) is 2. The second-order valence-corrected chi connectivity index (χ2v) is 11.4. The number of fused-ring (bicyclic) bond motifs is 1. The lowest BCUT2D eigenvalue weighted by molar-refractivity contribution is -0.155. The van der Waals surface area contributed by atoms with Gasteiger partial charge < -0.3 is 0 Å². The van der Waals surface area contributed by atoms with Gasteiger partial charge in [0, 0.05) is 9.65 Å². The molecule has 1 aliphatic heterocycles. The molecule has 10 heteroatoms. The van der Waals surface area contributed by atoms with Crippen molar-refractivity contribution in [3.8, 4) is 0 Å². The van der Waals surface area contributed by atoms with Gasteiger partial charge in [-0.2, -0.15) is 5.01 Å². The zero-order chi connectivity index (χ0) is 23.2. The molecular weight excluding hydrogens is 606 g/mol. The van der Waals surface area contributed by atoms with Crippen molar-refractivity contribution in [2.45, 2.75) is 29.0 Å². The van der Waals surface area contributed by atoms with E-state index in [-0.39, 0.29) is 38.6 Å². The number of carbonyl (C=O) groups excluding carboxylic acids is 3. The number of alkyl halides is 2. The van der Waals surface area contributed by atoms with Crippen LogP contribution < -0.4 is 0 Å². The van der Waals surface area contributed by atoms with Gasteiger partial charge in [0.05, 0.1) is 39.0 Å². The Hall–Kier alpha value is -1.12. The highest BCUT2D eigenvalue weighted by atomic mass is 79.9. The Labute approximate surface area is 217 Å². The summed E-state index contributed by atoms with van der Waals surface area (Å²) in [5.74, 6) is -2.30. The number of halogens is 5. The van der Waals surface area contributed by atoms with Crippen LogP contribution >= 0.6 is 66.7 Å². The summed E-state index contributed by atoms with van der Waals surface area (Å²) < 4.78 is 0. The summed E-state index contributed by atoms with van der Waals surface area (Å²) >= 11 is 25.6. The normalized spacial score (nSPS) is 25.1. The molecule has 0 bridgehead atoms. The maximum Gasteiger partial charge on any atom is 0.274 e. The average Bonchev–Trinajstić information content (AvgIpc) is 2.99. The predicted octanol–water partition coefficient (Wildman–Crippen LogP) is 6.13. The van der Waals surface area contributed by atoms with Crippen LogP contribution in [0.4, 0.5) is 0 Å². The quantitative estimate of drug-likeness (QED) is 0.305. The summed E-state index contributed by atoms with van der Waals surface area (Å²) in [7, 11) is 0. The molecule has 5 nitrogen and oxygen atoms in total. The van der Waals surface area contributed by atoms with Crippen LogP contribution in [-0.4, -0.2) is 37.4 Å². The Morgan fingerprint density at radius 3 is 2.06 bits per heavy atom. The molecule has 0 radical (unpaired) electrons. The van der Waals surface area contributed by atoms with E-state index < -0.39 is 17.7 Å². The molecule has 2 aromatic carbocycles. The van der Waals surface area contributed by atoms with E-state index in [9.17, 15) is 14.4 Å². The molecule has 0 N–H and O–H groups in total. The molecule has 3 amide bonds. The first-order valence-corrected chi connectivity index (χ1v) is 12.8. The molecule has 4 rings (SSSR count). The monoisotopic (exact) mass is 620 g/mol. The lowest BCUT2D eigenvalue weighted by Gasteiger charge is -2.31. The van der Waals surface area contributed by atoms with Crippen LogP contribution in [0.1, 0.15) is 28.8 Å². The van der Waals surface area contributed by atoms with Crippen molar-refractivity contribution >= 4 is 84.4 Å². The third-order valence-electron chi connectivity index (χ3n) is 5.78. The van der Waals surface area contributed by atoms with E-state index in [1.165, 1.54) is 0 Å². The first-order chi connectivity index (χ1) is 15.2. The maximum atomic E-state index is 13.6. The van der Waals surface area contributed by atoms with Crippen molar-refractivity contribution in [1.29, 1.82) is 0 Å². The first-order valence-electron chi connectivity index (χ1n) is 9.85. The Balaban J connectivity index is 1.74. The number of imide groups is 1. The van der Waals surface area contributed by atoms with Crippen molar-refractivity contribution in [3.05, 3.63) is 68.7 Å². The third kappa shape index (κ3) is 4.47. The fourth-order valence-electron chi connectivity index (χ4n) is 4.13. The topological polar surface area (TPSA) is 57.7 Å². The van der Waals surface area contributed by atoms with Gasteiger partial charge in [0.15, 0.2) is 0 Å². The molecule has 2 fully saturated rings. The smallest absolute Gasteiger partial charge is 0.272 e. The van der Waals surface area contributed by atoms with Gasteiger partial charge in [-0.3, -0.25) is 14.4 Å². The van der Waals surface area contributed by atoms with E-state index in [4.69, 9.17) is 34.8 Å². The van der Waals surface area contributed by atoms with Gasteiger partial charge in [0.1, 0.15) is 0 Å². The second-order valence-electron chi connectivity index (χ2n) is 7.80. The fourth-order valence-corrected chi connectivity index (χ4v) is 5.91. The lowest BCUT2D eigenvalue weighted by Crippen LogP contribution is -2.49. The summed E-state index contributed by atoms with van der Waals surface area (Å²) in [6.07, 6.45) is 1.01. The van der Waals surface area contributed by atoms with Gasteiger partial charge in [-0.1, -0.05) is 84.9 Å². The highest BCUT2D eigenvalue weighted by molar-refractivity contribution is 9.12. The molecular formula is C22H17Br2Cl3N2O3. The molecule has 0 unspecified atom stereocenters. The van der Waals surface area contributed by atoms with Crippen molar-refractivity contribution in [2.75, 3.05) is 0 Å². The third-order valence-corrected chi connectivity index (χ3v) is 9.59. The zero-order valence-corrected chi connectivity index (χ0v) is 21.9. The van der Waals surface area contributed by atoms with E-state index in [2.05, 4.69) is 31.9 Å². The van der Waals surface area contributed by atoms with E-state index in [1.807, 2.05) is 0 Å². The molecule has 2 aliphatic rings. The second kappa shape index (κ2) is 9.63. The molecule has 1 saturated carbocycles. The maximum absolute atomic E-state index is 13.6. The Morgan fingerprint density at radius 2 is 1.50 bits per heavy atom. The first kappa shape index (κ1) is 24.0. The summed E-state index contributed by atoms with van der Waals surface area (Å²) in [5, 5.41) is 3.07. The van der Waals surface area contributed by atoms with E-state index in [0.717, 1.165) is 10.0 Å². The van der Waals surface area contributed by atoms with E-state index in [0.29, 0.717) is 28.5 Å². The highest BCUT2D eigenvalue weighted by Gasteiger charge is 2.54. The molecule has 4 atom stereocenters. The van der Waals surface area contributed by atoms with Crippen molar-refractivity contribution in [3.63, 3.8) is 0 Å². The summed E-state index contributed by atoms with van der Waals surface area (Å²) in [4.78, 5) is 40.4. The Kier molecular flexibility index (Phi) is 7.23. The fraction of sp³-hybridized carbons (Fsp3) is 0.318. The van der Waals surface area contributed by atoms with Gasteiger partial charge in [-0.05, 0) is 42.7 Å². The van der Waals surface area contributed by atoms with E-state index >= 15 is 0 Å². The summed E-state index contributed by atoms with van der Waals surface area (Å²) in [6, 6.07) is 11.4. The number of hydrogen-bond donors (Lipinski definition) is 0. The Bertz CT molecular complexity index is 1070. The minimum atomic E-state index is -0.548. The zero-order valence-electron chi connectivity index (χ0n) is 16.5. The lowest BCUT2D eigenvalue weighted by atomic mass is 9.81. The molecule has 168 valence electrons. The predicted molar refractivity (Wildman–Crippen MR) is 131 cm³/mol. The molecule has 1 saturated heterocycles. The molecule has 1 aliphatic carbocycles. The number of carbonyl (C=O) groups is 3. The average molecular weight is 624 g/mol. The van der Waals surface area contributed by atoms with Crippen LogP contribution in [0.3, 0.4) is 0 Å². The van der Waals surface area contributed by atoms with Crippen molar-refractivity contribution in [1.82, 2.24) is 10.0 Å².